The summed E-state index contributed by atoms with van der Waals surface area (Å²) in [5.41, 5.74) is 0.983. The summed E-state index contributed by atoms with van der Waals surface area (Å²) < 4.78 is 12.7. The topological polar surface area (TPSA) is 24.1 Å². The predicted molar refractivity (Wildman–Crippen MR) is 52.0 cm³/mol. The lowest BCUT2D eigenvalue weighted by atomic mass is 10.2. The molecule has 2 nitrogen and oxygen atoms in total. The van der Waals surface area contributed by atoms with Gasteiger partial charge in [-0.1, -0.05) is 12.1 Å². The third kappa shape index (κ3) is 4.01. The van der Waals surface area contributed by atoms with E-state index in [1.54, 1.807) is 12.1 Å². The summed E-state index contributed by atoms with van der Waals surface area (Å²) in [6.07, 6.45) is 0. The summed E-state index contributed by atoms with van der Waals surface area (Å²) in [4.78, 5) is 0. The zero-order valence-corrected chi connectivity index (χ0v) is 7.81. The Morgan fingerprint density at radius 3 is 2.85 bits per heavy atom. The number of rotatable bonds is 5. The summed E-state index contributed by atoms with van der Waals surface area (Å²) >= 11 is 0. The Kier molecular flexibility index (Phi) is 4.43. The van der Waals surface area contributed by atoms with Crippen molar-refractivity contribution in [2.24, 2.45) is 0 Å². The molecule has 0 fully saturated rings. The monoisotopic (exact) mass is 182 g/mol. The van der Waals surface area contributed by atoms with E-state index < -0.39 is 0 Å². The van der Waals surface area contributed by atoms with Crippen LogP contribution in [0.15, 0.2) is 24.3 Å². The van der Waals surface area contributed by atoms with Gasteiger partial charge in [0.05, 0.1) is 0 Å². The minimum absolute atomic E-state index is 0.173. The summed E-state index contributed by atoms with van der Waals surface area (Å²) in [5.74, 6) is -0.173. The first-order valence-electron chi connectivity index (χ1n) is 4.42. The number of hydrogen-bond donors (Lipinski definition) is 2. The maximum atomic E-state index is 12.7. The molecule has 1 aromatic rings. The molecule has 0 radical (unpaired) electrons. The zero-order valence-electron chi connectivity index (χ0n) is 7.81. The molecule has 13 heavy (non-hydrogen) atoms. The molecule has 0 bridgehead atoms. The lowest BCUT2D eigenvalue weighted by Crippen LogP contribution is -2.24. The Morgan fingerprint density at radius 1 is 1.31 bits per heavy atom. The molecule has 0 atom stereocenters. The van der Waals surface area contributed by atoms with Gasteiger partial charge in [0.2, 0.25) is 0 Å². The third-order valence-corrected chi connectivity index (χ3v) is 1.77. The molecule has 0 aromatic heterocycles. The fraction of sp³-hybridized carbons (Fsp3) is 0.400. The molecule has 0 aliphatic rings. The van der Waals surface area contributed by atoms with Crippen LogP contribution >= 0.6 is 0 Å². The molecule has 0 aliphatic heterocycles. The van der Waals surface area contributed by atoms with Crippen molar-refractivity contribution in [1.82, 2.24) is 10.6 Å². The average molecular weight is 182 g/mol. The van der Waals surface area contributed by atoms with Crippen LogP contribution in [-0.4, -0.2) is 20.1 Å². The largest absolute Gasteiger partial charge is 0.318 e. The van der Waals surface area contributed by atoms with Crippen molar-refractivity contribution in [3.05, 3.63) is 35.6 Å². The van der Waals surface area contributed by atoms with Gasteiger partial charge in [-0.2, -0.15) is 0 Å². The van der Waals surface area contributed by atoms with Crippen LogP contribution in [0.3, 0.4) is 0 Å². The van der Waals surface area contributed by atoms with Gasteiger partial charge in [-0.25, -0.2) is 4.39 Å². The van der Waals surface area contributed by atoms with Crippen molar-refractivity contribution in [3.63, 3.8) is 0 Å². The highest BCUT2D eigenvalue weighted by atomic mass is 19.1. The van der Waals surface area contributed by atoms with Gasteiger partial charge in [0.15, 0.2) is 0 Å². The second-order valence-electron chi connectivity index (χ2n) is 2.91. The van der Waals surface area contributed by atoms with E-state index in [1.165, 1.54) is 6.07 Å². The van der Waals surface area contributed by atoms with E-state index in [2.05, 4.69) is 10.6 Å². The van der Waals surface area contributed by atoms with Gasteiger partial charge in [0.1, 0.15) is 5.82 Å². The van der Waals surface area contributed by atoms with Gasteiger partial charge in [-0.05, 0) is 24.7 Å². The van der Waals surface area contributed by atoms with Crippen LogP contribution in [0.2, 0.25) is 0 Å². The van der Waals surface area contributed by atoms with Crippen LogP contribution in [0.5, 0.6) is 0 Å². The molecule has 0 heterocycles. The fourth-order valence-electron chi connectivity index (χ4n) is 1.09. The standard InChI is InChI=1S/C10H15FN2/c1-12-5-6-13-8-9-3-2-4-10(11)7-9/h2-4,7,12-13H,5-6,8H2,1H3. The Balaban J connectivity index is 2.28. The van der Waals surface area contributed by atoms with Gasteiger partial charge in [-0.3, -0.25) is 0 Å². The average Bonchev–Trinajstić information content (AvgIpc) is 2.13. The second-order valence-corrected chi connectivity index (χ2v) is 2.91. The number of benzene rings is 1. The van der Waals surface area contributed by atoms with Crippen LogP contribution < -0.4 is 10.6 Å². The van der Waals surface area contributed by atoms with E-state index in [-0.39, 0.29) is 5.82 Å². The number of halogens is 1. The van der Waals surface area contributed by atoms with Crippen molar-refractivity contribution in [2.45, 2.75) is 6.54 Å². The highest BCUT2D eigenvalue weighted by molar-refractivity contribution is 5.15. The maximum Gasteiger partial charge on any atom is 0.123 e. The summed E-state index contributed by atoms with van der Waals surface area (Å²) in [7, 11) is 1.91. The Bertz CT molecular complexity index is 250. The highest BCUT2D eigenvalue weighted by Gasteiger charge is 1.93. The molecule has 0 amide bonds. The summed E-state index contributed by atoms with van der Waals surface area (Å²) in [5, 5.41) is 6.23. The minimum Gasteiger partial charge on any atom is -0.318 e. The highest BCUT2D eigenvalue weighted by Crippen LogP contribution is 2.02. The SMILES string of the molecule is CNCCNCc1cccc(F)c1. The summed E-state index contributed by atoms with van der Waals surface area (Å²) in [6.45, 7) is 2.54. The van der Waals surface area contributed by atoms with Crippen LogP contribution in [-0.2, 0) is 6.54 Å². The van der Waals surface area contributed by atoms with Crippen molar-refractivity contribution >= 4 is 0 Å². The first kappa shape index (κ1) is 10.2. The predicted octanol–water partition coefficient (Wildman–Crippen LogP) is 1.13. The molecule has 0 aliphatic carbocycles. The second kappa shape index (κ2) is 5.67. The van der Waals surface area contributed by atoms with Crippen LogP contribution in [0, 0.1) is 5.82 Å². The van der Waals surface area contributed by atoms with Gasteiger partial charge < -0.3 is 10.6 Å². The smallest absolute Gasteiger partial charge is 0.123 e. The van der Waals surface area contributed by atoms with Crippen LogP contribution in [0.1, 0.15) is 5.56 Å². The minimum atomic E-state index is -0.173. The van der Waals surface area contributed by atoms with Crippen molar-refractivity contribution < 1.29 is 4.39 Å². The van der Waals surface area contributed by atoms with Crippen molar-refractivity contribution in [1.29, 1.82) is 0 Å². The van der Waals surface area contributed by atoms with Gasteiger partial charge in [-0.15, -0.1) is 0 Å². The van der Waals surface area contributed by atoms with Gasteiger partial charge in [0, 0.05) is 19.6 Å². The molecule has 3 heteroatoms. The molecule has 2 N–H and O–H groups in total. The normalized spacial score (nSPS) is 10.3. The van der Waals surface area contributed by atoms with E-state index in [1.807, 2.05) is 13.1 Å². The number of hydrogen-bond acceptors (Lipinski definition) is 2. The molecule has 0 unspecified atom stereocenters. The lowest BCUT2D eigenvalue weighted by Gasteiger charge is -2.03. The molecule has 0 saturated heterocycles. The van der Waals surface area contributed by atoms with Gasteiger partial charge in [0.25, 0.3) is 0 Å². The number of nitrogens with one attached hydrogen (secondary N) is 2. The van der Waals surface area contributed by atoms with Crippen LogP contribution in [0.4, 0.5) is 4.39 Å². The summed E-state index contributed by atoms with van der Waals surface area (Å²) in [6, 6.07) is 6.64. The fourth-order valence-corrected chi connectivity index (χ4v) is 1.09. The van der Waals surface area contributed by atoms with E-state index >= 15 is 0 Å². The van der Waals surface area contributed by atoms with Crippen molar-refractivity contribution in [3.8, 4) is 0 Å². The molecule has 72 valence electrons. The quantitative estimate of drug-likeness (QED) is 0.667. The molecular weight excluding hydrogens is 167 g/mol. The Hall–Kier alpha value is -0.930. The Labute approximate surface area is 78.2 Å². The molecule has 1 aromatic carbocycles. The molecular formula is C10H15FN2. The first-order valence-corrected chi connectivity index (χ1v) is 4.42. The van der Waals surface area contributed by atoms with E-state index in [0.717, 1.165) is 25.2 Å². The maximum absolute atomic E-state index is 12.7. The van der Waals surface area contributed by atoms with Gasteiger partial charge >= 0.3 is 0 Å². The van der Waals surface area contributed by atoms with E-state index in [4.69, 9.17) is 0 Å². The van der Waals surface area contributed by atoms with E-state index in [9.17, 15) is 4.39 Å². The lowest BCUT2D eigenvalue weighted by molar-refractivity contribution is 0.616. The first-order chi connectivity index (χ1) is 6.33. The Morgan fingerprint density at radius 2 is 2.15 bits per heavy atom. The molecule has 0 saturated carbocycles. The zero-order chi connectivity index (χ0) is 9.52. The van der Waals surface area contributed by atoms with E-state index in [0.29, 0.717) is 0 Å². The number of likely N-dealkylation sites (N-methyl/N-ethyl adjacent to an activating group) is 1. The van der Waals surface area contributed by atoms with Crippen LogP contribution in [0.25, 0.3) is 0 Å². The van der Waals surface area contributed by atoms with Crippen molar-refractivity contribution in [2.75, 3.05) is 20.1 Å². The molecule has 0 spiro atoms. The molecule has 1 rings (SSSR count). The third-order valence-electron chi connectivity index (χ3n) is 1.77.